The van der Waals surface area contributed by atoms with Crippen LogP contribution in [0.25, 0.3) is 11.1 Å². The SMILES string of the molecule is COc1cc(OC)nc(Oc2cccc(C(=O)O)c2-c2cccc(S(C)(=O)=O)c2)n1. The van der Waals surface area contributed by atoms with E-state index in [0.29, 0.717) is 5.56 Å². The van der Waals surface area contributed by atoms with Gasteiger partial charge in [-0.15, -0.1) is 0 Å². The number of ether oxygens (including phenoxy) is 3. The summed E-state index contributed by atoms with van der Waals surface area (Å²) in [5.74, 6) is -0.709. The van der Waals surface area contributed by atoms with E-state index in [9.17, 15) is 18.3 Å². The smallest absolute Gasteiger partial charge is 0.336 e. The van der Waals surface area contributed by atoms with Crippen molar-refractivity contribution < 1.29 is 32.5 Å². The lowest BCUT2D eigenvalue weighted by Crippen LogP contribution is -2.04. The Hall–Kier alpha value is -3.66. The number of hydrogen-bond acceptors (Lipinski definition) is 8. The maximum atomic E-state index is 12.0. The standard InChI is InChI=1S/C20H18N2O7S/c1-27-16-11-17(28-2)22-20(21-16)29-15-9-5-8-14(19(23)24)18(15)12-6-4-7-13(10-12)30(3,25)26/h4-11H,1-3H3,(H,23,24). The maximum Gasteiger partial charge on any atom is 0.336 e. The lowest BCUT2D eigenvalue weighted by Gasteiger charge is -2.14. The third-order valence-corrected chi connectivity index (χ3v) is 5.20. The summed E-state index contributed by atoms with van der Waals surface area (Å²) >= 11 is 0. The highest BCUT2D eigenvalue weighted by molar-refractivity contribution is 7.90. The van der Waals surface area contributed by atoms with Crippen LogP contribution in [0.15, 0.2) is 53.4 Å². The molecule has 30 heavy (non-hydrogen) atoms. The second kappa shape index (κ2) is 8.37. The van der Waals surface area contributed by atoms with Gasteiger partial charge >= 0.3 is 12.0 Å². The minimum Gasteiger partial charge on any atom is -0.481 e. The fourth-order valence-corrected chi connectivity index (χ4v) is 3.38. The largest absolute Gasteiger partial charge is 0.481 e. The molecule has 0 fully saturated rings. The lowest BCUT2D eigenvalue weighted by atomic mass is 9.98. The molecule has 0 aliphatic heterocycles. The summed E-state index contributed by atoms with van der Waals surface area (Å²) in [5.41, 5.74) is 0.453. The molecule has 0 unspecified atom stereocenters. The Bertz CT molecular complexity index is 1190. The summed E-state index contributed by atoms with van der Waals surface area (Å²) in [4.78, 5) is 20.0. The third-order valence-electron chi connectivity index (χ3n) is 4.09. The Kier molecular flexibility index (Phi) is 5.88. The molecule has 3 rings (SSSR count). The molecule has 0 saturated heterocycles. The molecule has 0 amide bonds. The van der Waals surface area contributed by atoms with Gasteiger partial charge in [-0.3, -0.25) is 0 Å². The average molecular weight is 430 g/mol. The van der Waals surface area contributed by atoms with Gasteiger partial charge in [-0.2, -0.15) is 9.97 Å². The molecule has 0 aliphatic carbocycles. The van der Waals surface area contributed by atoms with Crippen molar-refractivity contribution in [3.8, 4) is 34.6 Å². The first-order valence-corrected chi connectivity index (χ1v) is 10.4. The number of aromatic nitrogens is 2. The normalized spacial score (nSPS) is 11.0. The van der Waals surface area contributed by atoms with Crippen molar-refractivity contribution in [3.63, 3.8) is 0 Å². The molecule has 0 saturated carbocycles. The van der Waals surface area contributed by atoms with Crippen molar-refractivity contribution in [2.24, 2.45) is 0 Å². The first kappa shape index (κ1) is 21.1. The second-order valence-electron chi connectivity index (χ2n) is 6.12. The zero-order valence-corrected chi connectivity index (χ0v) is 17.1. The predicted octanol–water partition coefficient (Wildman–Crippen LogP) is 3.05. The number of rotatable bonds is 7. The number of carboxylic acid groups (broad SMARTS) is 1. The topological polar surface area (TPSA) is 125 Å². The quantitative estimate of drug-likeness (QED) is 0.602. The van der Waals surface area contributed by atoms with Crippen molar-refractivity contribution in [2.75, 3.05) is 20.5 Å². The van der Waals surface area contributed by atoms with Crippen LogP contribution in [-0.2, 0) is 9.84 Å². The minimum absolute atomic E-state index is 0.0467. The van der Waals surface area contributed by atoms with E-state index in [4.69, 9.17) is 14.2 Å². The van der Waals surface area contributed by atoms with Crippen LogP contribution in [0.4, 0.5) is 0 Å². The average Bonchev–Trinajstić information content (AvgIpc) is 2.72. The van der Waals surface area contributed by atoms with Crippen LogP contribution in [0.3, 0.4) is 0 Å². The minimum atomic E-state index is -3.50. The van der Waals surface area contributed by atoms with Gasteiger partial charge in [-0.1, -0.05) is 18.2 Å². The molecule has 0 radical (unpaired) electrons. The van der Waals surface area contributed by atoms with Crippen LogP contribution < -0.4 is 14.2 Å². The van der Waals surface area contributed by atoms with Crippen LogP contribution >= 0.6 is 0 Å². The summed E-state index contributed by atoms with van der Waals surface area (Å²) in [7, 11) is -0.671. The molecule has 9 nitrogen and oxygen atoms in total. The number of benzene rings is 2. The number of nitrogens with zero attached hydrogens (tertiary/aromatic N) is 2. The molecular weight excluding hydrogens is 412 g/mol. The molecular formula is C20H18N2O7S. The fourth-order valence-electron chi connectivity index (χ4n) is 2.71. The van der Waals surface area contributed by atoms with Gasteiger partial charge in [0.2, 0.25) is 11.8 Å². The molecule has 2 aromatic carbocycles. The summed E-state index contributed by atoms with van der Waals surface area (Å²) in [5, 5.41) is 9.67. The number of sulfone groups is 1. The van der Waals surface area contributed by atoms with Gasteiger partial charge in [0.15, 0.2) is 9.84 Å². The summed E-state index contributed by atoms with van der Waals surface area (Å²) in [6, 6.07) is 11.7. The first-order chi connectivity index (χ1) is 14.2. The zero-order valence-electron chi connectivity index (χ0n) is 16.3. The lowest BCUT2D eigenvalue weighted by molar-refractivity contribution is 0.0697. The molecule has 1 heterocycles. The summed E-state index contributed by atoms with van der Waals surface area (Å²) < 4.78 is 39.9. The Labute approximate surface area is 172 Å². The highest BCUT2D eigenvalue weighted by Gasteiger charge is 2.20. The maximum absolute atomic E-state index is 12.0. The molecule has 0 bridgehead atoms. The number of carbonyl (C=O) groups is 1. The summed E-state index contributed by atoms with van der Waals surface area (Å²) in [6.07, 6.45) is 1.07. The highest BCUT2D eigenvalue weighted by Crippen LogP contribution is 2.37. The molecule has 0 spiro atoms. The van der Waals surface area contributed by atoms with Crippen molar-refractivity contribution in [1.82, 2.24) is 9.97 Å². The monoisotopic (exact) mass is 430 g/mol. The molecule has 0 atom stereocenters. The molecule has 156 valence electrons. The zero-order chi connectivity index (χ0) is 21.9. The number of methoxy groups -OCH3 is 2. The van der Waals surface area contributed by atoms with E-state index >= 15 is 0 Å². The Balaban J connectivity index is 2.19. The number of hydrogen-bond donors (Lipinski definition) is 1. The van der Waals surface area contributed by atoms with Crippen molar-refractivity contribution in [3.05, 3.63) is 54.1 Å². The molecule has 0 aliphatic rings. The van der Waals surface area contributed by atoms with Gasteiger partial charge in [0.1, 0.15) is 5.75 Å². The van der Waals surface area contributed by atoms with E-state index in [2.05, 4.69) is 9.97 Å². The van der Waals surface area contributed by atoms with Gasteiger partial charge in [-0.05, 0) is 29.8 Å². The van der Waals surface area contributed by atoms with Crippen LogP contribution in [0.5, 0.6) is 23.5 Å². The number of carboxylic acids is 1. The van der Waals surface area contributed by atoms with Crippen molar-refractivity contribution in [1.29, 1.82) is 0 Å². The van der Waals surface area contributed by atoms with Crippen LogP contribution in [0.2, 0.25) is 0 Å². The van der Waals surface area contributed by atoms with E-state index in [1.807, 2.05) is 0 Å². The molecule has 10 heteroatoms. The highest BCUT2D eigenvalue weighted by atomic mass is 32.2. The Morgan fingerprint density at radius 1 is 0.967 bits per heavy atom. The van der Waals surface area contributed by atoms with Gasteiger partial charge in [0.05, 0.1) is 30.7 Å². The van der Waals surface area contributed by atoms with E-state index in [1.54, 1.807) is 6.07 Å². The fraction of sp³-hybridized carbons (Fsp3) is 0.150. The Morgan fingerprint density at radius 3 is 2.17 bits per heavy atom. The first-order valence-electron chi connectivity index (χ1n) is 8.54. The Morgan fingerprint density at radius 2 is 1.60 bits per heavy atom. The molecule has 3 aromatic rings. The van der Waals surface area contributed by atoms with Gasteiger partial charge in [0, 0.05) is 11.8 Å². The van der Waals surface area contributed by atoms with Crippen LogP contribution in [-0.4, -0.2) is 49.9 Å². The van der Waals surface area contributed by atoms with Gasteiger partial charge in [-0.25, -0.2) is 13.2 Å². The van der Waals surface area contributed by atoms with Gasteiger partial charge in [0.25, 0.3) is 0 Å². The summed E-state index contributed by atoms with van der Waals surface area (Å²) in [6.45, 7) is 0. The second-order valence-corrected chi connectivity index (χ2v) is 8.14. The number of aromatic carboxylic acids is 1. The van der Waals surface area contributed by atoms with E-state index in [0.717, 1.165) is 6.26 Å². The van der Waals surface area contributed by atoms with E-state index in [1.165, 1.54) is 56.7 Å². The van der Waals surface area contributed by atoms with E-state index in [-0.39, 0.29) is 39.5 Å². The van der Waals surface area contributed by atoms with Crippen LogP contribution in [0.1, 0.15) is 10.4 Å². The predicted molar refractivity (Wildman–Crippen MR) is 107 cm³/mol. The molecule has 1 N–H and O–H groups in total. The van der Waals surface area contributed by atoms with Crippen molar-refractivity contribution in [2.45, 2.75) is 4.90 Å². The van der Waals surface area contributed by atoms with Crippen molar-refractivity contribution >= 4 is 15.8 Å². The van der Waals surface area contributed by atoms with Crippen LogP contribution in [0, 0.1) is 0 Å². The molecule has 1 aromatic heterocycles. The third kappa shape index (κ3) is 4.49. The van der Waals surface area contributed by atoms with E-state index < -0.39 is 15.8 Å². The van der Waals surface area contributed by atoms with Gasteiger partial charge < -0.3 is 19.3 Å².